The second-order valence-electron chi connectivity index (χ2n) is 10.3. The number of benzene rings is 1. The summed E-state index contributed by atoms with van der Waals surface area (Å²) in [6.45, 7) is 8.40. The number of rotatable bonds is 5. The first kappa shape index (κ1) is 24.7. The first-order chi connectivity index (χ1) is 17.8. The number of carbonyl (C=O) groups excluding carboxylic acids is 2. The van der Waals surface area contributed by atoms with Crippen LogP contribution < -0.4 is 11.1 Å². The normalized spacial score (nSPS) is 19.6. The van der Waals surface area contributed by atoms with Gasteiger partial charge in [0, 0.05) is 42.4 Å². The van der Waals surface area contributed by atoms with E-state index in [0.29, 0.717) is 29.5 Å². The van der Waals surface area contributed by atoms with Crippen molar-refractivity contribution in [3.8, 4) is 11.3 Å². The van der Waals surface area contributed by atoms with Gasteiger partial charge in [-0.05, 0) is 69.2 Å². The zero-order valence-electron chi connectivity index (χ0n) is 21.8. The molecule has 8 nitrogen and oxygen atoms in total. The van der Waals surface area contributed by atoms with Crippen LogP contribution in [0.1, 0.15) is 51.5 Å². The van der Waals surface area contributed by atoms with Crippen molar-refractivity contribution in [2.45, 2.75) is 52.0 Å². The molecule has 1 aliphatic heterocycles. The van der Waals surface area contributed by atoms with Gasteiger partial charge in [-0.1, -0.05) is 24.8 Å². The highest BCUT2D eigenvalue weighted by molar-refractivity contribution is 6.05. The Morgan fingerprint density at radius 3 is 2.54 bits per heavy atom. The summed E-state index contributed by atoms with van der Waals surface area (Å²) in [6.07, 6.45) is 8.19. The molecule has 3 aromatic rings. The highest BCUT2D eigenvalue weighted by atomic mass is 16.2. The standard InChI is InChI=1S/C29H34N6O2/c1-17(2)28(36)33-22-13-11-20(12-14-22)25-23(24-26(30)31-16-32-27(24)34(25)4)19-7-9-21(10-8-19)29(37)35-15-5-6-18(35)3/h7,11-14,16,18,21H,1,5-6,8-10,15H2,2-4H3,(H,33,36)(H2,30,31,32)/t18?,21-/m1/s1. The van der Waals surface area contributed by atoms with Gasteiger partial charge in [-0.2, -0.15) is 0 Å². The van der Waals surface area contributed by atoms with Gasteiger partial charge in [0.05, 0.1) is 11.1 Å². The SMILES string of the molecule is C=C(C)C(=O)Nc1ccc(-c2c(C3=CC[C@@H](C(=O)N4CCCC4C)CC3)c3c(N)ncnc3n2C)cc1. The summed E-state index contributed by atoms with van der Waals surface area (Å²) in [6, 6.07) is 8.07. The number of nitrogen functional groups attached to an aromatic ring is 1. The third-order valence-electron chi connectivity index (χ3n) is 7.72. The predicted molar refractivity (Wildman–Crippen MR) is 148 cm³/mol. The quantitative estimate of drug-likeness (QED) is 0.486. The molecular formula is C29H34N6O2. The minimum atomic E-state index is -0.208. The molecule has 0 radical (unpaired) electrons. The zero-order chi connectivity index (χ0) is 26.3. The molecule has 37 heavy (non-hydrogen) atoms. The molecule has 8 heteroatoms. The molecule has 1 unspecified atom stereocenters. The molecule has 0 bridgehead atoms. The molecule has 2 aromatic heterocycles. The van der Waals surface area contributed by atoms with Crippen LogP contribution in [0.4, 0.5) is 11.5 Å². The Morgan fingerprint density at radius 2 is 1.92 bits per heavy atom. The van der Waals surface area contributed by atoms with Gasteiger partial charge in [0.2, 0.25) is 5.91 Å². The second kappa shape index (κ2) is 9.84. The predicted octanol–water partition coefficient (Wildman–Crippen LogP) is 4.93. The summed E-state index contributed by atoms with van der Waals surface area (Å²) in [7, 11) is 1.98. The molecular weight excluding hydrogens is 464 g/mol. The summed E-state index contributed by atoms with van der Waals surface area (Å²) in [4.78, 5) is 36.1. The van der Waals surface area contributed by atoms with Gasteiger partial charge in [0.1, 0.15) is 17.8 Å². The Balaban J connectivity index is 1.52. The Kier molecular flexibility index (Phi) is 6.58. The van der Waals surface area contributed by atoms with E-state index < -0.39 is 0 Å². The fourth-order valence-electron chi connectivity index (χ4n) is 5.66. The minimum absolute atomic E-state index is 0.0209. The van der Waals surface area contributed by atoms with E-state index in [1.807, 2.05) is 35.9 Å². The highest BCUT2D eigenvalue weighted by Crippen LogP contribution is 2.43. The van der Waals surface area contributed by atoms with Gasteiger partial charge >= 0.3 is 0 Å². The van der Waals surface area contributed by atoms with Gasteiger partial charge in [0.25, 0.3) is 5.91 Å². The van der Waals surface area contributed by atoms with Crippen molar-refractivity contribution in [2.24, 2.45) is 13.0 Å². The topological polar surface area (TPSA) is 106 Å². The van der Waals surface area contributed by atoms with Crippen LogP contribution in [0.3, 0.4) is 0 Å². The molecule has 2 atom stereocenters. The molecule has 1 saturated heterocycles. The molecule has 2 amide bonds. The summed E-state index contributed by atoms with van der Waals surface area (Å²) < 4.78 is 2.05. The lowest BCUT2D eigenvalue weighted by Gasteiger charge is -2.29. The Labute approximate surface area is 217 Å². The minimum Gasteiger partial charge on any atom is -0.383 e. The highest BCUT2D eigenvalue weighted by Gasteiger charge is 2.33. The molecule has 1 fully saturated rings. The Hall–Kier alpha value is -3.94. The molecule has 192 valence electrons. The van der Waals surface area contributed by atoms with Crippen LogP contribution in [-0.4, -0.2) is 43.8 Å². The Bertz CT molecular complexity index is 1420. The molecule has 5 rings (SSSR count). The largest absolute Gasteiger partial charge is 0.383 e. The van der Waals surface area contributed by atoms with Crippen molar-refractivity contribution in [3.63, 3.8) is 0 Å². The molecule has 1 aliphatic carbocycles. The first-order valence-electron chi connectivity index (χ1n) is 12.9. The fraction of sp³-hybridized carbons (Fsp3) is 0.379. The molecule has 0 spiro atoms. The van der Waals surface area contributed by atoms with Crippen molar-refractivity contribution >= 4 is 39.9 Å². The second-order valence-corrected chi connectivity index (χ2v) is 10.3. The lowest BCUT2D eigenvalue weighted by molar-refractivity contribution is -0.136. The van der Waals surface area contributed by atoms with E-state index in [1.54, 1.807) is 6.92 Å². The van der Waals surface area contributed by atoms with E-state index in [9.17, 15) is 9.59 Å². The van der Waals surface area contributed by atoms with Crippen molar-refractivity contribution < 1.29 is 9.59 Å². The van der Waals surface area contributed by atoms with Crippen molar-refractivity contribution in [3.05, 3.63) is 54.4 Å². The number of amides is 2. The number of aryl methyl sites for hydroxylation is 1. The molecule has 2 aliphatic rings. The number of anilines is 2. The summed E-state index contributed by atoms with van der Waals surface area (Å²) in [5, 5.41) is 3.69. The van der Waals surface area contributed by atoms with E-state index in [0.717, 1.165) is 60.1 Å². The van der Waals surface area contributed by atoms with Crippen molar-refractivity contribution in [1.29, 1.82) is 0 Å². The number of carbonyl (C=O) groups is 2. The van der Waals surface area contributed by atoms with Crippen LogP contribution in [0.2, 0.25) is 0 Å². The van der Waals surface area contributed by atoms with Gasteiger partial charge in [-0.3, -0.25) is 9.59 Å². The lowest BCUT2D eigenvalue weighted by Crippen LogP contribution is -2.38. The van der Waals surface area contributed by atoms with E-state index in [4.69, 9.17) is 5.73 Å². The van der Waals surface area contributed by atoms with Gasteiger partial charge in [-0.25, -0.2) is 9.97 Å². The number of hydrogen-bond acceptors (Lipinski definition) is 5. The van der Waals surface area contributed by atoms with Crippen molar-refractivity contribution in [1.82, 2.24) is 19.4 Å². The van der Waals surface area contributed by atoms with Crippen LogP contribution in [0.15, 0.2) is 48.8 Å². The Morgan fingerprint density at radius 1 is 1.16 bits per heavy atom. The summed E-state index contributed by atoms with van der Waals surface area (Å²) in [5.74, 6) is 0.541. The number of fused-ring (bicyclic) bond motifs is 1. The summed E-state index contributed by atoms with van der Waals surface area (Å²) >= 11 is 0. The zero-order valence-corrected chi connectivity index (χ0v) is 21.8. The molecule has 3 heterocycles. The van der Waals surface area contributed by atoms with Gasteiger partial charge in [-0.15, -0.1) is 0 Å². The fourth-order valence-corrected chi connectivity index (χ4v) is 5.66. The van der Waals surface area contributed by atoms with Crippen LogP contribution in [0.5, 0.6) is 0 Å². The van der Waals surface area contributed by atoms with Crippen LogP contribution in [-0.2, 0) is 16.6 Å². The average molecular weight is 499 g/mol. The smallest absolute Gasteiger partial charge is 0.250 e. The number of aromatic nitrogens is 3. The maximum absolute atomic E-state index is 13.2. The summed E-state index contributed by atoms with van der Waals surface area (Å²) in [5.41, 5.74) is 12.5. The number of nitrogens with zero attached hydrogens (tertiary/aromatic N) is 4. The van der Waals surface area contributed by atoms with E-state index in [2.05, 4.69) is 39.8 Å². The first-order valence-corrected chi connectivity index (χ1v) is 12.9. The number of nitrogens with two attached hydrogens (primary N) is 1. The number of allylic oxidation sites excluding steroid dienone is 2. The average Bonchev–Trinajstić information content (AvgIpc) is 3.45. The van der Waals surface area contributed by atoms with E-state index >= 15 is 0 Å². The maximum Gasteiger partial charge on any atom is 0.250 e. The number of likely N-dealkylation sites (tertiary alicyclic amines) is 1. The third-order valence-corrected chi connectivity index (χ3v) is 7.72. The van der Waals surface area contributed by atoms with Gasteiger partial charge < -0.3 is 20.5 Å². The molecule has 0 saturated carbocycles. The van der Waals surface area contributed by atoms with Crippen LogP contribution in [0, 0.1) is 5.92 Å². The van der Waals surface area contributed by atoms with E-state index in [1.165, 1.54) is 11.9 Å². The van der Waals surface area contributed by atoms with E-state index in [-0.39, 0.29) is 17.7 Å². The molecule has 3 N–H and O–H groups in total. The number of hydrogen-bond donors (Lipinski definition) is 2. The monoisotopic (exact) mass is 498 g/mol. The number of nitrogens with one attached hydrogen (secondary N) is 1. The van der Waals surface area contributed by atoms with Crippen LogP contribution >= 0.6 is 0 Å². The van der Waals surface area contributed by atoms with Gasteiger partial charge in [0.15, 0.2) is 0 Å². The maximum atomic E-state index is 13.2. The lowest BCUT2D eigenvalue weighted by atomic mass is 9.84. The third kappa shape index (κ3) is 4.52. The van der Waals surface area contributed by atoms with Crippen LogP contribution in [0.25, 0.3) is 27.9 Å². The molecule has 1 aromatic carbocycles. The van der Waals surface area contributed by atoms with Crippen molar-refractivity contribution in [2.75, 3.05) is 17.6 Å².